The minimum atomic E-state index is -0.0225. The molecular weight excluding hydrogens is 300 g/mol. The fourth-order valence-corrected chi connectivity index (χ4v) is 2.92. The summed E-state index contributed by atoms with van der Waals surface area (Å²) in [4.78, 5) is 12.7. The Morgan fingerprint density at radius 2 is 1.95 bits per heavy atom. The summed E-state index contributed by atoms with van der Waals surface area (Å²) in [6.07, 6.45) is 2.46. The zero-order chi connectivity index (χ0) is 15.7. The molecule has 0 spiro atoms. The van der Waals surface area contributed by atoms with Gasteiger partial charge < -0.3 is 9.47 Å². The molecule has 0 saturated carbocycles. The molecule has 3 rings (SSSR count). The van der Waals surface area contributed by atoms with Crippen molar-refractivity contribution in [1.82, 2.24) is 0 Å². The predicted octanol–water partition coefficient (Wildman–Crippen LogP) is 4.18. The highest BCUT2D eigenvalue weighted by atomic mass is 35.5. The minimum absolute atomic E-state index is 0.0225. The summed E-state index contributed by atoms with van der Waals surface area (Å²) in [6, 6.07) is 11.2. The van der Waals surface area contributed by atoms with Gasteiger partial charge in [-0.05, 0) is 35.4 Å². The van der Waals surface area contributed by atoms with Crippen LogP contribution < -0.4 is 9.47 Å². The van der Waals surface area contributed by atoms with Crippen LogP contribution in [0.2, 0.25) is 5.02 Å². The number of ether oxygens (including phenoxy) is 2. The quantitative estimate of drug-likeness (QED) is 0.797. The van der Waals surface area contributed by atoms with E-state index in [0.29, 0.717) is 28.5 Å². The van der Waals surface area contributed by atoms with Crippen LogP contribution in [0, 0.1) is 0 Å². The van der Waals surface area contributed by atoms with Gasteiger partial charge in [0.1, 0.15) is 0 Å². The number of ketones is 1. The lowest BCUT2D eigenvalue weighted by Gasteiger charge is -2.10. The maximum Gasteiger partial charge on any atom is 0.193 e. The van der Waals surface area contributed by atoms with E-state index in [4.69, 9.17) is 21.1 Å². The summed E-state index contributed by atoms with van der Waals surface area (Å²) >= 11 is 5.99. The Bertz CT molecular complexity index is 778. The van der Waals surface area contributed by atoms with Gasteiger partial charge in [-0.25, -0.2) is 0 Å². The first kappa shape index (κ1) is 14.7. The SMILES string of the molecule is COc1ccc2c(c1OC)C(=O)C(=Cc1cccc(Cl)c1)C2. The van der Waals surface area contributed by atoms with E-state index in [1.54, 1.807) is 14.2 Å². The molecule has 0 saturated heterocycles. The van der Waals surface area contributed by atoms with E-state index in [0.717, 1.165) is 16.7 Å². The molecule has 0 radical (unpaired) electrons. The van der Waals surface area contributed by atoms with Crippen molar-refractivity contribution in [2.75, 3.05) is 14.2 Å². The van der Waals surface area contributed by atoms with Crippen LogP contribution in [0.4, 0.5) is 0 Å². The van der Waals surface area contributed by atoms with Gasteiger partial charge in [-0.3, -0.25) is 4.79 Å². The zero-order valence-electron chi connectivity index (χ0n) is 12.4. The molecule has 3 nitrogen and oxygen atoms in total. The lowest BCUT2D eigenvalue weighted by Crippen LogP contribution is -2.01. The molecule has 0 bridgehead atoms. The van der Waals surface area contributed by atoms with Crippen molar-refractivity contribution in [3.63, 3.8) is 0 Å². The number of carbonyl (C=O) groups is 1. The van der Waals surface area contributed by atoms with Crippen LogP contribution in [0.25, 0.3) is 6.08 Å². The van der Waals surface area contributed by atoms with Gasteiger partial charge in [-0.15, -0.1) is 0 Å². The Kier molecular flexibility index (Phi) is 3.90. The van der Waals surface area contributed by atoms with Crippen molar-refractivity contribution in [3.8, 4) is 11.5 Å². The van der Waals surface area contributed by atoms with Crippen LogP contribution in [0.15, 0.2) is 42.0 Å². The van der Waals surface area contributed by atoms with Crippen LogP contribution >= 0.6 is 11.6 Å². The number of hydrogen-bond donors (Lipinski definition) is 0. The molecule has 0 heterocycles. The number of allylic oxidation sites excluding steroid dienone is 1. The highest BCUT2D eigenvalue weighted by Crippen LogP contribution is 2.40. The van der Waals surface area contributed by atoms with Crippen molar-refractivity contribution >= 4 is 23.5 Å². The molecule has 0 aliphatic heterocycles. The number of fused-ring (bicyclic) bond motifs is 1. The molecule has 22 heavy (non-hydrogen) atoms. The molecule has 0 aromatic heterocycles. The molecule has 0 N–H and O–H groups in total. The van der Waals surface area contributed by atoms with Crippen molar-refractivity contribution in [2.45, 2.75) is 6.42 Å². The molecule has 0 amide bonds. The Morgan fingerprint density at radius 3 is 2.64 bits per heavy atom. The topological polar surface area (TPSA) is 35.5 Å². The van der Waals surface area contributed by atoms with E-state index >= 15 is 0 Å². The van der Waals surface area contributed by atoms with E-state index in [-0.39, 0.29) is 5.78 Å². The fraction of sp³-hybridized carbons (Fsp3) is 0.167. The summed E-state index contributed by atoms with van der Waals surface area (Å²) < 4.78 is 10.6. The van der Waals surface area contributed by atoms with Crippen LogP contribution in [0.1, 0.15) is 21.5 Å². The van der Waals surface area contributed by atoms with Crippen LogP contribution in [0.3, 0.4) is 0 Å². The highest BCUT2D eigenvalue weighted by Gasteiger charge is 2.30. The normalized spacial score (nSPS) is 15.0. The molecule has 112 valence electrons. The van der Waals surface area contributed by atoms with E-state index in [2.05, 4.69) is 0 Å². The Hall–Kier alpha value is -2.26. The number of carbonyl (C=O) groups excluding carboxylic acids is 1. The maximum atomic E-state index is 12.7. The molecule has 1 aliphatic rings. The summed E-state index contributed by atoms with van der Waals surface area (Å²) in [5, 5.41) is 0.650. The molecule has 2 aromatic rings. The highest BCUT2D eigenvalue weighted by molar-refractivity contribution is 6.30. The van der Waals surface area contributed by atoms with Gasteiger partial charge in [0.15, 0.2) is 17.3 Å². The number of rotatable bonds is 3. The third kappa shape index (κ3) is 2.48. The number of methoxy groups -OCH3 is 2. The molecule has 0 unspecified atom stereocenters. The van der Waals surface area contributed by atoms with Crippen molar-refractivity contribution in [1.29, 1.82) is 0 Å². The lowest BCUT2D eigenvalue weighted by atomic mass is 10.1. The van der Waals surface area contributed by atoms with Gasteiger partial charge in [-0.2, -0.15) is 0 Å². The maximum absolute atomic E-state index is 12.7. The average molecular weight is 315 g/mol. The van der Waals surface area contributed by atoms with Gasteiger partial charge in [0.05, 0.1) is 19.8 Å². The number of benzene rings is 2. The first-order valence-electron chi connectivity index (χ1n) is 6.88. The second kappa shape index (κ2) is 5.85. The molecule has 4 heteroatoms. The molecule has 0 fully saturated rings. The minimum Gasteiger partial charge on any atom is -0.493 e. The van der Waals surface area contributed by atoms with Gasteiger partial charge in [-0.1, -0.05) is 29.8 Å². The third-order valence-corrected chi connectivity index (χ3v) is 3.96. The Morgan fingerprint density at radius 1 is 1.14 bits per heavy atom. The molecule has 0 atom stereocenters. The predicted molar refractivity (Wildman–Crippen MR) is 87.0 cm³/mol. The van der Waals surface area contributed by atoms with E-state index in [9.17, 15) is 4.79 Å². The average Bonchev–Trinajstić information content (AvgIpc) is 2.83. The van der Waals surface area contributed by atoms with Crippen LogP contribution in [0.5, 0.6) is 11.5 Å². The fourth-order valence-electron chi connectivity index (χ4n) is 2.72. The van der Waals surface area contributed by atoms with E-state index in [1.165, 1.54) is 0 Å². The first-order valence-corrected chi connectivity index (χ1v) is 7.26. The van der Waals surface area contributed by atoms with Gasteiger partial charge in [0.2, 0.25) is 0 Å². The Labute approximate surface area is 134 Å². The second-order valence-electron chi connectivity index (χ2n) is 5.07. The van der Waals surface area contributed by atoms with E-state index < -0.39 is 0 Å². The summed E-state index contributed by atoms with van der Waals surface area (Å²) in [7, 11) is 3.11. The zero-order valence-corrected chi connectivity index (χ0v) is 13.1. The van der Waals surface area contributed by atoms with Gasteiger partial charge >= 0.3 is 0 Å². The van der Waals surface area contributed by atoms with Crippen molar-refractivity contribution < 1.29 is 14.3 Å². The third-order valence-electron chi connectivity index (χ3n) is 3.72. The largest absolute Gasteiger partial charge is 0.493 e. The van der Waals surface area contributed by atoms with Gasteiger partial charge in [0.25, 0.3) is 0 Å². The first-order chi connectivity index (χ1) is 10.6. The molecular formula is C18H15ClO3. The van der Waals surface area contributed by atoms with Crippen LogP contribution in [-0.2, 0) is 6.42 Å². The smallest absolute Gasteiger partial charge is 0.193 e. The van der Waals surface area contributed by atoms with Crippen molar-refractivity contribution in [3.05, 3.63) is 63.7 Å². The number of halogens is 1. The summed E-state index contributed by atoms with van der Waals surface area (Å²) in [5.74, 6) is 1.05. The lowest BCUT2D eigenvalue weighted by molar-refractivity contribution is 0.103. The standard InChI is InChI=1S/C18H15ClO3/c1-21-15-7-6-12-10-13(17(20)16(12)18(15)22-2)8-11-4-3-5-14(19)9-11/h3-9H,10H2,1-2H3. The van der Waals surface area contributed by atoms with E-state index in [1.807, 2.05) is 42.5 Å². The summed E-state index contributed by atoms with van der Waals surface area (Å²) in [5.41, 5.74) is 3.18. The van der Waals surface area contributed by atoms with Crippen LogP contribution in [-0.4, -0.2) is 20.0 Å². The molecule has 2 aromatic carbocycles. The monoisotopic (exact) mass is 314 g/mol. The Balaban J connectivity index is 2.05. The second-order valence-corrected chi connectivity index (χ2v) is 5.50. The van der Waals surface area contributed by atoms with Crippen molar-refractivity contribution in [2.24, 2.45) is 0 Å². The number of hydrogen-bond acceptors (Lipinski definition) is 3. The number of Topliss-reactive ketones (excluding diaryl/α,β-unsaturated/α-hetero) is 1. The molecule has 1 aliphatic carbocycles. The van der Waals surface area contributed by atoms with Gasteiger partial charge in [0, 0.05) is 17.0 Å². The summed E-state index contributed by atoms with van der Waals surface area (Å²) in [6.45, 7) is 0.